The van der Waals surface area contributed by atoms with Crippen molar-refractivity contribution in [3.05, 3.63) is 72.3 Å². The van der Waals surface area contributed by atoms with Crippen molar-refractivity contribution < 1.29 is 13.6 Å². The third-order valence-electron chi connectivity index (χ3n) is 5.21. The van der Waals surface area contributed by atoms with Crippen molar-refractivity contribution in [2.45, 2.75) is 25.3 Å². The molecule has 0 spiro atoms. The molecule has 0 aliphatic heterocycles. The maximum atomic E-state index is 13.3. The van der Waals surface area contributed by atoms with Crippen LogP contribution in [-0.4, -0.2) is 15.3 Å². The van der Waals surface area contributed by atoms with Gasteiger partial charge in [-0.25, -0.2) is 9.37 Å². The molecule has 1 saturated carbocycles. The first-order valence-corrected chi connectivity index (χ1v) is 9.01. The number of hydrogen-bond acceptors (Lipinski definition) is 3. The predicted octanol–water partition coefficient (Wildman–Crippen LogP) is 4.20. The zero-order chi connectivity index (χ0) is 18.5. The summed E-state index contributed by atoms with van der Waals surface area (Å²) in [5.41, 5.74) is 1.64. The van der Waals surface area contributed by atoms with Crippen LogP contribution in [-0.2, 0) is 4.79 Å². The summed E-state index contributed by atoms with van der Waals surface area (Å²) in [6, 6.07) is 11.8. The number of nitrogens with zero attached hydrogens (tertiary/aromatic N) is 2. The van der Waals surface area contributed by atoms with E-state index in [-0.39, 0.29) is 29.6 Å². The molecule has 5 rings (SSSR count). The van der Waals surface area contributed by atoms with Gasteiger partial charge in [-0.05, 0) is 49.7 Å². The van der Waals surface area contributed by atoms with Crippen molar-refractivity contribution in [3.8, 4) is 0 Å². The molecular formula is C21H18FN3O2. The van der Waals surface area contributed by atoms with Gasteiger partial charge in [-0.15, -0.1) is 0 Å². The van der Waals surface area contributed by atoms with E-state index in [1.807, 2.05) is 41.9 Å². The molecule has 136 valence electrons. The summed E-state index contributed by atoms with van der Waals surface area (Å²) in [4.78, 5) is 17.1. The van der Waals surface area contributed by atoms with Gasteiger partial charge in [0.1, 0.15) is 23.0 Å². The fourth-order valence-corrected chi connectivity index (χ4v) is 3.65. The summed E-state index contributed by atoms with van der Waals surface area (Å²) in [6.45, 7) is 1.87. The zero-order valence-corrected chi connectivity index (χ0v) is 14.7. The van der Waals surface area contributed by atoms with Crippen LogP contribution < -0.4 is 5.32 Å². The van der Waals surface area contributed by atoms with Crippen LogP contribution in [0.1, 0.15) is 36.9 Å². The third kappa shape index (κ3) is 2.77. The van der Waals surface area contributed by atoms with Gasteiger partial charge in [0.15, 0.2) is 0 Å². The Kier molecular flexibility index (Phi) is 3.53. The molecule has 3 aromatic heterocycles. The summed E-state index contributed by atoms with van der Waals surface area (Å²) in [5.74, 6) is 1.28. The molecule has 1 fully saturated rings. The van der Waals surface area contributed by atoms with E-state index >= 15 is 0 Å². The molecule has 1 amide bonds. The van der Waals surface area contributed by atoms with Gasteiger partial charge in [0.05, 0.1) is 17.8 Å². The van der Waals surface area contributed by atoms with Crippen molar-refractivity contribution in [1.29, 1.82) is 0 Å². The topological polar surface area (TPSA) is 59.5 Å². The van der Waals surface area contributed by atoms with E-state index in [1.165, 1.54) is 12.1 Å². The van der Waals surface area contributed by atoms with Crippen molar-refractivity contribution in [3.63, 3.8) is 0 Å². The zero-order valence-electron chi connectivity index (χ0n) is 14.7. The molecule has 0 bridgehead atoms. The largest absolute Gasteiger partial charge is 0.459 e. The summed E-state index contributed by atoms with van der Waals surface area (Å²) < 4.78 is 21.1. The molecule has 5 nitrogen and oxygen atoms in total. The van der Waals surface area contributed by atoms with Gasteiger partial charge >= 0.3 is 0 Å². The summed E-state index contributed by atoms with van der Waals surface area (Å²) in [5, 5.41) is 3.70. The lowest BCUT2D eigenvalue weighted by atomic mass is 10.2. The van der Waals surface area contributed by atoms with E-state index in [2.05, 4.69) is 10.3 Å². The lowest BCUT2D eigenvalue weighted by molar-refractivity contribution is -0.123. The molecule has 6 heteroatoms. The maximum absolute atomic E-state index is 13.3. The number of benzene rings is 1. The molecule has 0 radical (unpaired) electrons. The lowest BCUT2D eigenvalue weighted by Crippen LogP contribution is -2.28. The van der Waals surface area contributed by atoms with Gasteiger partial charge in [0.25, 0.3) is 0 Å². The van der Waals surface area contributed by atoms with Crippen molar-refractivity contribution in [2.24, 2.45) is 5.92 Å². The fraction of sp³-hybridized carbons (Fsp3) is 0.238. The van der Waals surface area contributed by atoms with E-state index < -0.39 is 0 Å². The Morgan fingerprint density at radius 1 is 1.33 bits per heavy atom. The third-order valence-corrected chi connectivity index (χ3v) is 5.21. The van der Waals surface area contributed by atoms with Crippen LogP contribution in [0, 0.1) is 11.7 Å². The smallest absolute Gasteiger partial charge is 0.224 e. The van der Waals surface area contributed by atoms with Crippen molar-refractivity contribution in [2.75, 3.05) is 0 Å². The highest BCUT2D eigenvalue weighted by molar-refractivity contribution is 5.83. The van der Waals surface area contributed by atoms with Gasteiger partial charge < -0.3 is 14.1 Å². The van der Waals surface area contributed by atoms with Crippen LogP contribution in [0.25, 0.3) is 16.5 Å². The van der Waals surface area contributed by atoms with E-state index in [1.54, 1.807) is 12.1 Å². The lowest BCUT2D eigenvalue weighted by Gasteiger charge is -2.11. The fourth-order valence-electron chi connectivity index (χ4n) is 3.65. The second-order valence-electron chi connectivity index (χ2n) is 7.12. The Hall–Kier alpha value is -3.15. The van der Waals surface area contributed by atoms with E-state index in [0.717, 1.165) is 17.8 Å². The summed E-state index contributed by atoms with van der Waals surface area (Å²) in [7, 11) is 0. The molecule has 1 aliphatic carbocycles. The van der Waals surface area contributed by atoms with Gasteiger partial charge in [-0.2, -0.15) is 0 Å². The number of amides is 1. The number of rotatable bonds is 4. The second-order valence-corrected chi connectivity index (χ2v) is 7.12. The number of aromatic nitrogens is 2. The highest BCUT2D eigenvalue weighted by Crippen LogP contribution is 2.47. The Labute approximate surface area is 154 Å². The molecule has 27 heavy (non-hydrogen) atoms. The molecule has 3 heterocycles. The summed E-state index contributed by atoms with van der Waals surface area (Å²) in [6.07, 6.45) is 4.60. The molecular weight excluding hydrogens is 345 g/mol. The van der Waals surface area contributed by atoms with Gasteiger partial charge in [-0.1, -0.05) is 6.07 Å². The van der Waals surface area contributed by atoms with Gasteiger partial charge in [0.2, 0.25) is 5.91 Å². The predicted molar refractivity (Wildman–Crippen MR) is 98.8 cm³/mol. The second kappa shape index (κ2) is 5.94. The summed E-state index contributed by atoms with van der Waals surface area (Å²) >= 11 is 0. The average Bonchev–Trinajstić information content (AvgIpc) is 3.16. The van der Waals surface area contributed by atoms with Crippen LogP contribution >= 0.6 is 0 Å². The molecule has 1 N–H and O–H groups in total. The van der Waals surface area contributed by atoms with Gasteiger partial charge in [-0.3, -0.25) is 4.79 Å². The van der Waals surface area contributed by atoms with Crippen molar-refractivity contribution in [1.82, 2.24) is 14.7 Å². The molecule has 4 aromatic rings. The number of fused-ring (bicyclic) bond motifs is 2. The quantitative estimate of drug-likeness (QED) is 0.591. The number of furan rings is 1. The number of halogens is 1. The number of hydrogen-bond donors (Lipinski definition) is 1. The first-order chi connectivity index (χ1) is 13.1. The Morgan fingerprint density at radius 2 is 2.22 bits per heavy atom. The monoisotopic (exact) mass is 363 g/mol. The standard InChI is InChI=1S/C21H18FN3O2/c1-12(19-9-13-8-14(22)5-6-18(13)27-19)24-21(26)17-10-16(17)20-23-11-15-4-2-3-7-25(15)20/h2-9,11-12,16-17H,10H2,1H3,(H,24,26)/t12?,16-,17+/m0/s1. The van der Waals surface area contributed by atoms with Crippen molar-refractivity contribution >= 4 is 22.4 Å². The van der Waals surface area contributed by atoms with E-state index in [4.69, 9.17) is 4.42 Å². The minimum absolute atomic E-state index is 0.00758. The number of carbonyl (C=O) groups is 1. The SMILES string of the molecule is CC(NC(=O)[C@@H]1C[C@@H]1c1ncc2ccccn12)c1cc2cc(F)ccc2o1. The van der Waals surface area contributed by atoms with Crippen LogP contribution in [0.4, 0.5) is 4.39 Å². The van der Waals surface area contributed by atoms with E-state index in [0.29, 0.717) is 16.7 Å². The minimum atomic E-state index is -0.306. The first kappa shape index (κ1) is 16.1. The number of carbonyl (C=O) groups excluding carboxylic acids is 1. The highest BCUT2D eigenvalue weighted by atomic mass is 19.1. The van der Waals surface area contributed by atoms with Crippen LogP contribution in [0.2, 0.25) is 0 Å². The normalized spacial score (nSPS) is 20.1. The highest BCUT2D eigenvalue weighted by Gasteiger charge is 2.46. The number of nitrogens with one attached hydrogen (secondary N) is 1. The van der Waals surface area contributed by atoms with Gasteiger partial charge in [0, 0.05) is 23.4 Å². The van der Waals surface area contributed by atoms with E-state index in [9.17, 15) is 9.18 Å². The first-order valence-electron chi connectivity index (χ1n) is 9.01. The minimum Gasteiger partial charge on any atom is -0.459 e. The average molecular weight is 363 g/mol. The Morgan fingerprint density at radius 3 is 3.11 bits per heavy atom. The number of pyridine rings is 1. The maximum Gasteiger partial charge on any atom is 0.224 e. The van der Waals surface area contributed by atoms with Crippen LogP contribution in [0.5, 0.6) is 0 Å². The molecule has 1 aliphatic rings. The van der Waals surface area contributed by atoms with Crippen LogP contribution in [0.3, 0.4) is 0 Å². The number of imidazole rings is 1. The Balaban J connectivity index is 1.30. The molecule has 0 saturated heterocycles. The molecule has 1 unspecified atom stereocenters. The van der Waals surface area contributed by atoms with Crippen LogP contribution in [0.15, 0.2) is 59.3 Å². The molecule has 3 atom stereocenters. The molecule has 1 aromatic carbocycles. The Bertz CT molecular complexity index is 1160.